The first-order chi connectivity index (χ1) is 6.81. The predicted molar refractivity (Wildman–Crippen MR) is 51.6 cm³/mol. The van der Waals surface area contributed by atoms with Gasteiger partial charge in [0, 0.05) is 10.6 Å². The fourth-order valence-corrected chi connectivity index (χ4v) is 1.52. The predicted octanol–water partition coefficient (Wildman–Crippen LogP) is 2.78. The van der Waals surface area contributed by atoms with E-state index < -0.39 is 6.29 Å². The normalized spacial score (nSPS) is 17.2. The maximum Gasteiger partial charge on any atom is 0.186 e. The smallest absolute Gasteiger partial charge is 0.186 e. The first-order valence-corrected chi connectivity index (χ1v) is 4.55. The second-order valence-electron chi connectivity index (χ2n) is 2.87. The second kappa shape index (κ2) is 4.04. The van der Waals surface area contributed by atoms with Crippen LogP contribution in [0.1, 0.15) is 11.9 Å². The van der Waals surface area contributed by atoms with Gasteiger partial charge in [0.2, 0.25) is 0 Å². The molecule has 0 aromatic heterocycles. The van der Waals surface area contributed by atoms with Gasteiger partial charge in [-0.05, 0) is 23.4 Å². The van der Waals surface area contributed by atoms with E-state index in [1.807, 2.05) is 0 Å². The molecule has 1 aromatic rings. The Bertz CT molecular complexity index is 350. The van der Waals surface area contributed by atoms with E-state index in [-0.39, 0.29) is 0 Å². The summed E-state index contributed by atoms with van der Waals surface area (Å²) in [6.45, 7) is 1.05. The third-order valence-electron chi connectivity index (χ3n) is 1.96. The molecule has 0 saturated carbocycles. The largest absolute Gasteiger partial charge is 0.346 e. The molecule has 0 unspecified atom stereocenters. The van der Waals surface area contributed by atoms with E-state index in [4.69, 9.17) is 21.1 Å². The summed E-state index contributed by atoms with van der Waals surface area (Å²) in [5.74, 6) is 0. The molecule has 1 heterocycles. The average Bonchev–Trinajstić information content (AvgIpc) is 2.70. The maximum atomic E-state index is 10.5. The van der Waals surface area contributed by atoms with Crippen molar-refractivity contribution in [1.82, 2.24) is 0 Å². The van der Waals surface area contributed by atoms with E-state index in [1.54, 1.807) is 18.2 Å². The van der Waals surface area contributed by atoms with Crippen molar-refractivity contribution in [3.05, 3.63) is 33.7 Å². The monoisotopic (exact) mass is 213 g/mol. The Labute approximate surface area is 85.7 Å². The van der Waals surface area contributed by atoms with Gasteiger partial charge in [0.25, 0.3) is 0 Å². The molecule has 2 rings (SSSR count). The zero-order valence-electron chi connectivity index (χ0n) is 7.27. The summed E-state index contributed by atoms with van der Waals surface area (Å²) in [5.41, 5.74) is 0.895. The fraction of sp³-hybridized carbons (Fsp3) is 0.333. The van der Waals surface area contributed by atoms with E-state index in [2.05, 4.69) is 5.18 Å². The van der Waals surface area contributed by atoms with E-state index >= 15 is 0 Å². The lowest BCUT2D eigenvalue weighted by Gasteiger charge is -2.10. The zero-order chi connectivity index (χ0) is 9.97. The van der Waals surface area contributed by atoms with Crippen LogP contribution in [0.2, 0.25) is 5.02 Å². The van der Waals surface area contributed by atoms with E-state index in [9.17, 15) is 4.91 Å². The Morgan fingerprint density at radius 1 is 1.36 bits per heavy atom. The Morgan fingerprint density at radius 2 is 2.07 bits per heavy atom. The molecule has 1 aliphatic heterocycles. The van der Waals surface area contributed by atoms with Crippen molar-refractivity contribution in [3.8, 4) is 0 Å². The van der Waals surface area contributed by atoms with Gasteiger partial charge in [-0.15, -0.1) is 4.91 Å². The highest BCUT2D eigenvalue weighted by atomic mass is 35.5. The van der Waals surface area contributed by atoms with Crippen molar-refractivity contribution < 1.29 is 9.47 Å². The number of nitroso groups, excluding NO2 is 1. The zero-order valence-corrected chi connectivity index (χ0v) is 8.03. The van der Waals surface area contributed by atoms with Gasteiger partial charge in [0.1, 0.15) is 5.69 Å². The quantitative estimate of drug-likeness (QED) is 0.710. The minimum Gasteiger partial charge on any atom is -0.346 e. The molecule has 14 heavy (non-hydrogen) atoms. The van der Waals surface area contributed by atoms with Crippen LogP contribution in [-0.4, -0.2) is 13.2 Å². The summed E-state index contributed by atoms with van der Waals surface area (Å²) in [6.07, 6.45) is -0.513. The average molecular weight is 214 g/mol. The third-order valence-corrected chi connectivity index (χ3v) is 2.20. The molecule has 74 valence electrons. The molecule has 0 atom stereocenters. The number of benzene rings is 1. The van der Waals surface area contributed by atoms with Crippen molar-refractivity contribution >= 4 is 17.3 Å². The third kappa shape index (κ3) is 1.77. The van der Waals surface area contributed by atoms with Crippen molar-refractivity contribution in [2.75, 3.05) is 13.2 Å². The van der Waals surface area contributed by atoms with Gasteiger partial charge in [-0.25, -0.2) is 0 Å². The highest BCUT2D eigenvalue weighted by molar-refractivity contribution is 6.30. The van der Waals surface area contributed by atoms with Gasteiger partial charge in [0.15, 0.2) is 6.29 Å². The first kappa shape index (κ1) is 9.58. The van der Waals surface area contributed by atoms with E-state index in [0.717, 1.165) is 0 Å². The van der Waals surface area contributed by atoms with E-state index in [0.29, 0.717) is 29.5 Å². The van der Waals surface area contributed by atoms with Crippen molar-refractivity contribution in [3.63, 3.8) is 0 Å². The lowest BCUT2D eigenvalue weighted by atomic mass is 10.2. The van der Waals surface area contributed by atoms with Crippen LogP contribution in [0.3, 0.4) is 0 Å². The van der Waals surface area contributed by atoms with Crippen molar-refractivity contribution in [1.29, 1.82) is 0 Å². The summed E-state index contributed by atoms with van der Waals surface area (Å²) in [4.78, 5) is 10.5. The van der Waals surface area contributed by atoms with Crippen LogP contribution in [0.5, 0.6) is 0 Å². The van der Waals surface area contributed by atoms with Gasteiger partial charge < -0.3 is 9.47 Å². The number of ether oxygens (including phenoxy) is 2. The van der Waals surface area contributed by atoms with Crippen LogP contribution in [0, 0.1) is 4.91 Å². The molecule has 4 nitrogen and oxygen atoms in total. The Kier molecular flexibility index (Phi) is 2.77. The Morgan fingerprint density at radius 3 is 2.71 bits per heavy atom. The summed E-state index contributed by atoms with van der Waals surface area (Å²) < 4.78 is 10.5. The summed E-state index contributed by atoms with van der Waals surface area (Å²) in [7, 11) is 0. The van der Waals surface area contributed by atoms with Gasteiger partial charge in [-0.3, -0.25) is 0 Å². The lowest BCUT2D eigenvalue weighted by Crippen LogP contribution is -1.98. The molecule has 1 aromatic carbocycles. The van der Waals surface area contributed by atoms with Crippen LogP contribution in [0.25, 0.3) is 0 Å². The molecule has 0 aliphatic carbocycles. The first-order valence-electron chi connectivity index (χ1n) is 4.17. The number of rotatable bonds is 2. The highest BCUT2D eigenvalue weighted by Gasteiger charge is 2.22. The van der Waals surface area contributed by atoms with Crippen LogP contribution >= 0.6 is 11.6 Å². The van der Waals surface area contributed by atoms with Crippen LogP contribution in [0.15, 0.2) is 23.4 Å². The molecule has 1 aliphatic rings. The van der Waals surface area contributed by atoms with Crippen LogP contribution in [0.4, 0.5) is 5.69 Å². The Balaban J connectivity index is 2.37. The summed E-state index contributed by atoms with van der Waals surface area (Å²) in [5, 5.41) is 3.42. The molecular weight excluding hydrogens is 206 g/mol. The molecule has 0 bridgehead atoms. The van der Waals surface area contributed by atoms with E-state index in [1.165, 1.54) is 0 Å². The van der Waals surface area contributed by atoms with Crippen molar-refractivity contribution in [2.45, 2.75) is 6.29 Å². The van der Waals surface area contributed by atoms with Crippen LogP contribution < -0.4 is 0 Å². The van der Waals surface area contributed by atoms with Crippen LogP contribution in [-0.2, 0) is 9.47 Å². The van der Waals surface area contributed by atoms with Gasteiger partial charge >= 0.3 is 0 Å². The molecule has 5 heteroatoms. The molecule has 0 N–H and O–H groups in total. The molecule has 1 saturated heterocycles. The molecule has 0 amide bonds. The Hall–Kier alpha value is -0.970. The maximum absolute atomic E-state index is 10.5. The number of nitrogens with zero attached hydrogens (tertiary/aromatic N) is 1. The minimum absolute atomic E-state index is 0.307. The summed E-state index contributed by atoms with van der Waals surface area (Å²) in [6, 6.07) is 4.79. The van der Waals surface area contributed by atoms with Gasteiger partial charge in [0.05, 0.1) is 13.2 Å². The topological polar surface area (TPSA) is 47.9 Å². The molecular formula is C9H8ClNO3. The molecule has 0 radical (unpaired) electrons. The highest BCUT2D eigenvalue weighted by Crippen LogP contribution is 2.33. The molecule has 1 fully saturated rings. The number of hydrogen-bond acceptors (Lipinski definition) is 4. The molecule has 0 spiro atoms. The fourth-order valence-electron chi connectivity index (χ4n) is 1.34. The van der Waals surface area contributed by atoms with Gasteiger partial charge in [-0.1, -0.05) is 11.6 Å². The second-order valence-corrected chi connectivity index (χ2v) is 3.30. The standard InChI is InChI=1S/C9H8ClNO3/c10-6-1-2-8(11-12)7(5-6)9-13-3-4-14-9/h1-2,5,9H,3-4H2. The van der Waals surface area contributed by atoms with Gasteiger partial charge in [-0.2, -0.15) is 0 Å². The summed E-state index contributed by atoms with van der Waals surface area (Å²) >= 11 is 5.80. The lowest BCUT2D eigenvalue weighted by molar-refractivity contribution is -0.0436. The number of hydrogen-bond donors (Lipinski definition) is 0. The number of halogens is 1. The SMILES string of the molecule is O=Nc1ccc(Cl)cc1C1OCCO1. The van der Waals surface area contributed by atoms with Crippen molar-refractivity contribution in [2.24, 2.45) is 5.18 Å². The minimum atomic E-state index is -0.513.